The van der Waals surface area contributed by atoms with Crippen LogP contribution in [0.15, 0.2) is 22.6 Å². The molecular weight excluding hydrogens is 311 g/mol. The number of nitrogens with one attached hydrogen (secondary N) is 2. The second kappa shape index (κ2) is 6.69. The molecule has 4 nitrogen and oxygen atoms in total. The lowest BCUT2D eigenvalue weighted by molar-refractivity contribution is 0.0902. The Morgan fingerprint density at radius 2 is 2.10 bits per heavy atom. The van der Waals surface area contributed by atoms with Gasteiger partial charge in [-0.3, -0.25) is 4.79 Å². The maximum Gasteiger partial charge on any atom is 0.287 e. The maximum atomic E-state index is 12.3. The highest BCUT2D eigenvalue weighted by Crippen LogP contribution is 2.28. The van der Waals surface area contributed by atoms with Crippen LogP contribution in [0.5, 0.6) is 0 Å². The molecule has 1 aromatic carbocycles. The van der Waals surface area contributed by atoms with Crippen LogP contribution < -0.4 is 10.6 Å². The van der Waals surface area contributed by atoms with E-state index in [9.17, 15) is 4.79 Å². The number of furan rings is 1. The third-order valence-corrected chi connectivity index (χ3v) is 4.01. The van der Waals surface area contributed by atoms with Crippen molar-refractivity contribution < 1.29 is 9.21 Å². The topological polar surface area (TPSA) is 54.3 Å². The average molecular weight is 329 g/mol. The number of amides is 1. The smallest absolute Gasteiger partial charge is 0.287 e. The fourth-order valence-corrected chi connectivity index (χ4v) is 2.80. The molecule has 114 valence electrons. The van der Waals surface area contributed by atoms with Crippen molar-refractivity contribution in [2.75, 3.05) is 13.1 Å². The summed E-state index contributed by atoms with van der Waals surface area (Å²) in [5.74, 6) is 0.252. The van der Waals surface area contributed by atoms with Crippen LogP contribution in [0.4, 0.5) is 0 Å². The third-order valence-electron chi connectivity index (χ3n) is 3.78. The van der Waals surface area contributed by atoms with Gasteiger partial charge in [-0.15, -0.1) is 12.4 Å². The van der Waals surface area contributed by atoms with E-state index in [1.54, 1.807) is 12.1 Å². The lowest BCUT2D eigenvalue weighted by Gasteiger charge is -2.23. The first-order valence-electron chi connectivity index (χ1n) is 6.85. The van der Waals surface area contributed by atoms with Gasteiger partial charge in [0, 0.05) is 22.0 Å². The summed E-state index contributed by atoms with van der Waals surface area (Å²) < 4.78 is 5.67. The molecule has 0 bridgehead atoms. The van der Waals surface area contributed by atoms with Crippen molar-refractivity contribution in [2.24, 2.45) is 0 Å². The zero-order valence-electron chi connectivity index (χ0n) is 11.7. The van der Waals surface area contributed by atoms with Crippen molar-refractivity contribution in [3.8, 4) is 0 Å². The molecule has 0 atom stereocenters. The Morgan fingerprint density at radius 3 is 2.81 bits per heavy atom. The van der Waals surface area contributed by atoms with Crippen molar-refractivity contribution in [3.63, 3.8) is 0 Å². The van der Waals surface area contributed by atoms with Gasteiger partial charge in [0.2, 0.25) is 0 Å². The van der Waals surface area contributed by atoms with Crippen molar-refractivity contribution in [3.05, 3.63) is 34.5 Å². The molecule has 0 spiro atoms. The highest BCUT2D eigenvalue weighted by atomic mass is 35.5. The number of piperidine rings is 1. The Balaban J connectivity index is 0.00000161. The molecule has 1 aliphatic rings. The van der Waals surface area contributed by atoms with Gasteiger partial charge in [-0.2, -0.15) is 0 Å². The Kier molecular flexibility index (Phi) is 5.14. The summed E-state index contributed by atoms with van der Waals surface area (Å²) in [5, 5.41) is 7.86. The van der Waals surface area contributed by atoms with E-state index in [2.05, 4.69) is 10.6 Å². The minimum atomic E-state index is -0.137. The van der Waals surface area contributed by atoms with Gasteiger partial charge in [0.05, 0.1) is 0 Å². The second-order valence-electron chi connectivity index (χ2n) is 5.19. The molecule has 2 N–H and O–H groups in total. The monoisotopic (exact) mass is 328 g/mol. The van der Waals surface area contributed by atoms with E-state index in [0.717, 1.165) is 36.9 Å². The minimum absolute atomic E-state index is 0. The van der Waals surface area contributed by atoms with E-state index < -0.39 is 0 Å². The third kappa shape index (κ3) is 3.34. The van der Waals surface area contributed by atoms with Crippen molar-refractivity contribution >= 4 is 40.9 Å². The zero-order chi connectivity index (χ0) is 14.1. The van der Waals surface area contributed by atoms with E-state index in [4.69, 9.17) is 16.0 Å². The van der Waals surface area contributed by atoms with E-state index in [1.165, 1.54) is 0 Å². The first-order chi connectivity index (χ1) is 9.65. The maximum absolute atomic E-state index is 12.3. The van der Waals surface area contributed by atoms with Gasteiger partial charge in [0.1, 0.15) is 5.58 Å². The van der Waals surface area contributed by atoms with Gasteiger partial charge < -0.3 is 15.1 Å². The quantitative estimate of drug-likeness (QED) is 0.889. The number of rotatable bonds is 2. The van der Waals surface area contributed by atoms with E-state index in [0.29, 0.717) is 16.4 Å². The van der Waals surface area contributed by atoms with Crippen LogP contribution in [0.2, 0.25) is 5.02 Å². The summed E-state index contributed by atoms with van der Waals surface area (Å²) in [7, 11) is 0. The predicted molar refractivity (Wildman–Crippen MR) is 86.6 cm³/mol. The van der Waals surface area contributed by atoms with Crippen LogP contribution >= 0.6 is 24.0 Å². The molecule has 0 aliphatic carbocycles. The van der Waals surface area contributed by atoms with Gasteiger partial charge in [0.15, 0.2) is 5.76 Å². The highest BCUT2D eigenvalue weighted by molar-refractivity contribution is 6.31. The van der Waals surface area contributed by atoms with E-state index in [-0.39, 0.29) is 24.4 Å². The molecule has 0 saturated carbocycles. The first kappa shape index (κ1) is 16.1. The minimum Gasteiger partial charge on any atom is -0.451 e. The molecule has 0 radical (unpaired) electrons. The molecule has 1 aliphatic heterocycles. The molecule has 2 heterocycles. The normalized spacial score (nSPS) is 15.7. The van der Waals surface area contributed by atoms with Gasteiger partial charge in [-0.1, -0.05) is 11.6 Å². The van der Waals surface area contributed by atoms with Crippen LogP contribution in [-0.4, -0.2) is 25.0 Å². The lowest BCUT2D eigenvalue weighted by Crippen LogP contribution is -2.42. The summed E-state index contributed by atoms with van der Waals surface area (Å²) in [6.07, 6.45) is 1.91. The molecule has 0 unspecified atom stereocenters. The Morgan fingerprint density at radius 1 is 1.38 bits per heavy atom. The van der Waals surface area contributed by atoms with Gasteiger partial charge >= 0.3 is 0 Å². The Labute approximate surface area is 134 Å². The number of halogens is 2. The fourth-order valence-electron chi connectivity index (χ4n) is 2.63. The largest absolute Gasteiger partial charge is 0.451 e. The molecule has 1 amide bonds. The summed E-state index contributed by atoms with van der Waals surface area (Å²) in [4.78, 5) is 12.3. The number of hydrogen-bond donors (Lipinski definition) is 2. The zero-order valence-corrected chi connectivity index (χ0v) is 13.3. The van der Waals surface area contributed by atoms with Gasteiger partial charge in [-0.05, 0) is 51.1 Å². The molecule has 1 aromatic heterocycles. The number of hydrogen-bond acceptors (Lipinski definition) is 3. The van der Waals surface area contributed by atoms with E-state index in [1.807, 2.05) is 13.0 Å². The number of fused-ring (bicyclic) bond motifs is 1. The van der Waals surface area contributed by atoms with Gasteiger partial charge in [0.25, 0.3) is 5.91 Å². The van der Waals surface area contributed by atoms with Crippen LogP contribution in [0.3, 0.4) is 0 Å². The summed E-state index contributed by atoms with van der Waals surface area (Å²) >= 11 is 5.99. The molecule has 6 heteroatoms. The number of aryl methyl sites for hydroxylation is 1. The van der Waals surface area contributed by atoms with Crippen molar-refractivity contribution in [1.29, 1.82) is 0 Å². The fraction of sp³-hybridized carbons (Fsp3) is 0.400. The highest BCUT2D eigenvalue weighted by Gasteiger charge is 2.21. The standard InChI is InChI=1S/C15H17ClN2O2.ClH/c1-9-12-8-10(16)2-3-13(12)20-14(9)15(19)18-11-4-6-17-7-5-11;/h2-3,8,11,17H,4-7H2,1H3,(H,18,19);1H. The lowest BCUT2D eigenvalue weighted by atomic mass is 10.1. The predicted octanol–water partition coefficient (Wildman–Crippen LogP) is 3.30. The average Bonchev–Trinajstić information content (AvgIpc) is 2.77. The first-order valence-corrected chi connectivity index (χ1v) is 7.23. The number of carbonyl (C=O) groups excluding carboxylic acids is 1. The molecule has 1 fully saturated rings. The second-order valence-corrected chi connectivity index (χ2v) is 5.63. The van der Waals surface area contributed by atoms with Crippen molar-refractivity contribution in [2.45, 2.75) is 25.8 Å². The van der Waals surface area contributed by atoms with Crippen LogP contribution in [0, 0.1) is 6.92 Å². The Bertz CT molecular complexity index is 648. The summed E-state index contributed by atoms with van der Waals surface area (Å²) in [6.45, 7) is 3.78. The van der Waals surface area contributed by atoms with Crippen molar-refractivity contribution in [1.82, 2.24) is 10.6 Å². The van der Waals surface area contributed by atoms with Gasteiger partial charge in [-0.25, -0.2) is 0 Å². The molecular formula is C15H18Cl2N2O2. The molecule has 2 aromatic rings. The van der Waals surface area contributed by atoms with Crippen LogP contribution in [0.25, 0.3) is 11.0 Å². The Hall–Kier alpha value is -1.23. The number of benzene rings is 1. The van der Waals surface area contributed by atoms with Crippen LogP contribution in [0.1, 0.15) is 29.0 Å². The summed E-state index contributed by atoms with van der Waals surface area (Å²) in [5.41, 5.74) is 1.54. The van der Waals surface area contributed by atoms with E-state index >= 15 is 0 Å². The molecule has 1 saturated heterocycles. The molecule has 3 rings (SSSR count). The SMILES string of the molecule is Cc1c(C(=O)NC2CCNCC2)oc2ccc(Cl)cc12.Cl. The number of carbonyl (C=O) groups is 1. The van der Waals surface area contributed by atoms with Crippen LogP contribution in [-0.2, 0) is 0 Å². The molecule has 21 heavy (non-hydrogen) atoms. The summed E-state index contributed by atoms with van der Waals surface area (Å²) in [6, 6.07) is 5.62.